The normalized spacial score (nSPS) is 13.5. The van der Waals surface area contributed by atoms with E-state index in [0.29, 0.717) is 28.4 Å². The zero-order chi connectivity index (χ0) is 23.4. The molecular weight excluding hydrogens is 416 g/mol. The number of carbonyl (C=O) groups is 1. The van der Waals surface area contributed by atoms with Gasteiger partial charge < -0.3 is 9.57 Å². The Bertz CT molecular complexity index is 1050. The summed E-state index contributed by atoms with van der Waals surface area (Å²) < 4.78 is 5.88. The van der Waals surface area contributed by atoms with Gasteiger partial charge in [0.1, 0.15) is 13.7 Å². The summed E-state index contributed by atoms with van der Waals surface area (Å²) in [6.45, 7) is 1.67. The van der Waals surface area contributed by atoms with Crippen LogP contribution in [0.4, 0.5) is 16.2 Å². The minimum Gasteiger partial charge on any atom is -0.482 e. The molecule has 1 fully saturated rings. The van der Waals surface area contributed by atoms with Gasteiger partial charge in [-0.3, -0.25) is 15.1 Å². The number of nitro groups is 1. The van der Waals surface area contributed by atoms with Crippen molar-refractivity contribution in [3.63, 3.8) is 0 Å². The molecule has 2 amide bonds. The molecule has 3 rings (SSSR count). The van der Waals surface area contributed by atoms with Crippen LogP contribution in [-0.4, -0.2) is 35.8 Å². The molecule has 2 aromatic carbocycles. The maximum atomic E-state index is 12.3. The van der Waals surface area contributed by atoms with Crippen LogP contribution < -0.4 is 21.4 Å². The number of ether oxygens (including phenoxy) is 1. The van der Waals surface area contributed by atoms with Gasteiger partial charge in [0.2, 0.25) is 0 Å². The Morgan fingerprint density at radius 3 is 2.59 bits per heavy atom. The van der Waals surface area contributed by atoms with Crippen LogP contribution in [0.3, 0.4) is 0 Å². The number of nitrogens with two attached hydrogens (primary N) is 2. The van der Waals surface area contributed by atoms with Crippen molar-refractivity contribution >= 4 is 23.1 Å². The number of hydrazine groups is 2. The first-order valence-electron chi connectivity index (χ1n) is 9.93. The quantitative estimate of drug-likeness (QED) is 0.210. The fraction of sp³-hybridized carbons (Fsp3) is 0.333. The number of hydrogen-bond donors (Lipinski definition) is 2. The molecule has 0 bridgehead atoms. The van der Waals surface area contributed by atoms with Crippen LogP contribution >= 0.6 is 0 Å². The number of nitro benzene ring substituents is 1. The predicted octanol–water partition coefficient (Wildman–Crippen LogP) is 3.03. The highest BCUT2D eigenvalue weighted by atomic mass is 16.6. The van der Waals surface area contributed by atoms with Gasteiger partial charge in [0.05, 0.1) is 16.3 Å². The second kappa shape index (κ2) is 9.62. The molecule has 11 heteroatoms. The van der Waals surface area contributed by atoms with Gasteiger partial charge in [0.15, 0.2) is 5.75 Å². The van der Waals surface area contributed by atoms with Crippen molar-refractivity contribution in [2.45, 2.75) is 32.3 Å². The van der Waals surface area contributed by atoms with E-state index in [2.05, 4.69) is 5.16 Å². The van der Waals surface area contributed by atoms with E-state index >= 15 is 0 Å². The molecule has 0 unspecified atom stereocenters. The summed E-state index contributed by atoms with van der Waals surface area (Å²) in [5, 5.41) is 17.3. The van der Waals surface area contributed by atoms with E-state index in [1.54, 1.807) is 19.1 Å². The van der Waals surface area contributed by atoms with E-state index in [9.17, 15) is 14.9 Å². The van der Waals surface area contributed by atoms with Gasteiger partial charge in [-0.25, -0.2) is 21.5 Å². The molecule has 0 aromatic heterocycles. The topological polar surface area (TPSA) is 150 Å². The zero-order valence-electron chi connectivity index (χ0n) is 18.1. The van der Waals surface area contributed by atoms with E-state index in [0.717, 1.165) is 28.4 Å². The highest BCUT2D eigenvalue weighted by Gasteiger charge is 2.30. The maximum absolute atomic E-state index is 12.3. The first-order valence-corrected chi connectivity index (χ1v) is 9.93. The number of benzene rings is 2. The smallest absolute Gasteiger partial charge is 0.352 e. The largest absolute Gasteiger partial charge is 0.482 e. The Morgan fingerprint density at radius 2 is 2.00 bits per heavy atom. The zero-order valence-corrected chi connectivity index (χ0v) is 18.1. The Kier molecular flexibility index (Phi) is 6.91. The fourth-order valence-electron chi connectivity index (χ4n) is 3.37. The van der Waals surface area contributed by atoms with Gasteiger partial charge in [-0.05, 0) is 49.4 Å². The number of carbonyl (C=O) groups excluding carboxylic acids is 1. The third-order valence-corrected chi connectivity index (χ3v) is 5.15. The van der Waals surface area contributed by atoms with E-state index in [-0.39, 0.29) is 18.0 Å². The second-order valence-corrected chi connectivity index (χ2v) is 7.47. The predicted molar refractivity (Wildman–Crippen MR) is 119 cm³/mol. The number of nitrogens with zero attached hydrogens (tertiary/aromatic N) is 4. The average Bonchev–Trinajstić information content (AvgIpc) is 3.61. The van der Waals surface area contributed by atoms with Gasteiger partial charge in [-0.2, -0.15) is 0 Å². The Labute approximate surface area is 185 Å². The van der Waals surface area contributed by atoms with Gasteiger partial charge in [0, 0.05) is 24.2 Å². The standard InChI is InChI=1S/C21H26N6O5/c1-13(24-31-3)15-9-10-20(19(11-15)27(29)30)32-12-17-16(14-7-8-14)5-4-6-18(17)26(23)21(28)25(2)22/h4-6,9-11,14H,7-8,12,22-23H2,1-3H3. The molecule has 0 heterocycles. The molecule has 0 atom stereocenters. The summed E-state index contributed by atoms with van der Waals surface area (Å²) in [6, 6.07) is 9.40. The molecular formula is C21H26N6O5. The van der Waals surface area contributed by atoms with Gasteiger partial charge in [-0.15, -0.1) is 0 Å². The van der Waals surface area contributed by atoms with Crippen LogP contribution in [0, 0.1) is 10.1 Å². The summed E-state index contributed by atoms with van der Waals surface area (Å²) in [7, 11) is 2.79. The highest BCUT2D eigenvalue weighted by Crippen LogP contribution is 2.44. The summed E-state index contributed by atoms with van der Waals surface area (Å²) in [4.78, 5) is 28.2. The Morgan fingerprint density at radius 1 is 1.28 bits per heavy atom. The van der Waals surface area contributed by atoms with E-state index in [1.165, 1.54) is 26.3 Å². The Hall–Kier alpha value is -3.70. The SMILES string of the molecule is CON=C(C)c1ccc(OCc2c(C3CC3)cccc2N(N)C(=O)N(C)N)c([N+](=O)[O-])c1. The first-order chi connectivity index (χ1) is 15.2. The number of amides is 2. The summed E-state index contributed by atoms with van der Waals surface area (Å²) in [6.07, 6.45) is 2.03. The lowest BCUT2D eigenvalue weighted by atomic mass is 10.0. The molecule has 11 nitrogen and oxygen atoms in total. The molecule has 0 radical (unpaired) electrons. The van der Waals surface area contributed by atoms with Crippen molar-refractivity contribution in [1.82, 2.24) is 5.01 Å². The van der Waals surface area contributed by atoms with Gasteiger partial charge >= 0.3 is 11.7 Å². The van der Waals surface area contributed by atoms with Crippen LogP contribution in [0.15, 0.2) is 41.6 Å². The molecule has 2 aromatic rings. The molecule has 1 aliphatic carbocycles. The molecule has 0 aliphatic heterocycles. The lowest BCUT2D eigenvalue weighted by Gasteiger charge is -2.24. The monoisotopic (exact) mass is 442 g/mol. The second-order valence-electron chi connectivity index (χ2n) is 7.47. The average molecular weight is 442 g/mol. The minimum atomic E-state index is -0.609. The number of rotatable bonds is 8. The lowest BCUT2D eigenvalue weighted by molar-refractivity contribution is -0.386. The van der Waals surface area contributed by atoms with Crippen molar-refractivity contribution in [2.24, 2.45) is 16.8 Å². The Balaban J connectivity index is 1.95. The van der Waals surface area contributed by atoms with Crippen LogP contribution in [-0.2, 0) is 11.4 Å². The number of oxime groups is 1. The van der Waals surface area contributed by atoms with Crippen LogP contribution in [0.25, 0.3) is 0 Å². The molecule has 1 saturated carbocycles. The van der Waals surface area contributed by atoms with Crippen molar-refractivity contribution in [3.8, 4) is 5.75 Å². The third-order valence-electron chi connectivity index (χ3n) is 5.15. The minimum absolute atomic E-state index is 0.0113. The molecule has 4 N–H and O–H groups in total. The third kappa shape index (κ3) is 4.95. The number of urea groups is 1. The first kappa shape index (κ1) is 23.0. The number of hydrogen-bond acceptors (Lipinski definition) is 8. The maximum Gasteiger partial charge on any atom is 0.352 e. The van der Waals surface area contributed by atoms with Crippen LogP contribution in [0.1, 0.15) is 42.4 Å². The molecule has 170 valence electrons. The van der Waals surface area contributed by atoms with Gasteiger partial charge in [-0.1, -0.05) is 17.3 Å². The van der Waals surface area contributed by atoms with Crippen LogP contribution in [0.5, 0.6) is 5.75 Å². The van der Waals surface area contributed by atoms with Crippen molar-refractivity contribution in [3.05, 3.63) is 63.2 Å². The van der Waals surface area contributed by atoms with E-state index < -0.39 is 11.0 Å². The number of anilines is 1. The van der Waals surface area contributed by atoms with Crippen LogP contribution in [0.2, 0.25) is 0 Å². The molecule has 1 aliphatic rings. The van der Waals surface area contributed by atoms with E-state index in [1.807, 2.05) is 12.1 Å². The lowest BCUT2D eigenvalue weighted by Crippen LogP contribution is -2.49. The molecule has 0 saturated heterocycles. The van der Waals surface area contributed by atoms with E-state index in [4.69, 9.17) is 21.3 Å². The summed E-state index contributed by atoms with van der Waals surface area (Å²) in [5.41, 5.74) is 2.93. The van der Waals surface area contributed by atoms with Crippen molar-refractivity contribution < 1.29 is 19.3 Å². The van der Waals surface area contributed by atoms with Crippen molar-refractivity contribution in [1.29, 1.82) is 0 Å². The summed E-state index contributed by atoms with van der Waals surface area (Å²) in [5.74, 6) is 12.0. The van der Waals surface area contributed by atoms with Gasteiger partial charge in [0.25, 0.3) is 0 Å². The molecule has 0 spiro atoms. The highest BCUT2D eigenvalue weighted by molar-refractivity contribution is 5.99. The van der Waals surface area contributed by atoms with Crippen molar-refractivity contribution in [2.75, 3.05) is 19.2 Å². The summed E-state index contributed by atoms with van der Waals surface area (Å²) >= 11 is 0. The fourth-order valence-corrected chi connectivity index (χ4v) is 3.37. The molecule has 32 heavy (non-hydrogen) atoms.